The van der Waals surface area contributed by atoms with Gasteiger partial charge in [-0.3, -0.25) is 4.79 Å². The fourth-order valence-corrected chi connectivity index (χ4v) is 1.64. The second-order valence-corrected chi connectivity index (χ2v) is 4.12. The quantitative estimate of drug-likeness (QED) is 0.564. The van der Waals surface area contributed by atoms with Gasteiger partial charge < -0.3 is 20.7 Å². The van der Waals surface area contributed by atoms with Crippen LogP contribution in [0.15, 0.2) is 12.1 Å². The number of halogens is 2. The highest BCUT2D eigenvalue weighted by molar-refractivity contribution is 6.30. The molecule has 18 heavy (non-hydrogen) atoms. The van der Waals surface area contributed by atoms with Gasteiger partial charge in [0.15, 0.2) is 0 Å². The molecule has 1 aromatic rings. The summed E-state index contributed by atoms with van der Waals surface area (Å²) in [6.45, 7) is 0. The zero-order valence-electron chi connectivity index (χ0n) is 9.56. The molecular weight excluding hydrogens is 265 g/mol. The minimum atomic E-state index is -1.53. The first-order chi connectivity index (χ1) is 8.36. The molecule has 2 atom stereocenters. The fourth-order valence-electron chi connectivity index (χ4n) is 1.42. The summed E-state index contributed by atoms with van der Waals surface area (Å²) < 4.78 is 17.6. The number of hydrogen-bond donors (Lipinski definition) is 3. The lowest BCUT2D eigenvalue weighted by Crippen LogP contribution is -2.23. The van der Waals surface area contributed by atoms with E-state index in [4.69, 9.17) is 17.3 Å². The lowest BCUT2D eigenvalue weighted by molar-refractivity contribution is -0.144. The highest BCUT2D eigenvalue weighted by Gasteiger charge is 2.25. The van der Waals surface area contributed by atoms with E-state index >= 15 is 0 Å². The van der Waals surface area contributed by atoms with Crippen molar-refractivity contribution in [2.45, 2.75) is 18.6 Å². The molecule has 7 heteroatoms. The molecule has 0 aromatic heterocycles. The average Bonchev–Trinajstić information content (AvgIpc) is 2.32. The van der Waals surface area contributed by atoms with Gasteiger partial charge in [0, 0.05) is 10.6 Å². The molecule has 0 saturated heterocycles. The van der Waals surface area contributed by atoms with E-state index in [1.807, 2.05) is 0 Å². The van der Waals surface area contributed by atoms with Crippen molar-refractivity contribution in [1.29, 1.82) is 0 Å². The molecule has 0 bridgehead atoms. The van der Waals surface area contributed by atoms with Crippen molar-refractivity contribution < 1.29 is 24.1 Å². The van der Waals surface area contributed by atoms with E-state index in [1.54, 1.807) is 0 Å². The summed E-state index contributed by atoms with van der Waals surface area (Å²) in [5.74, 6) is -1.51. The number of nitrogen functional groups attached to an aromatic ring is 1. The number of carbonyl (C=O) groups excluding carboxylic acids is 1. The summed E-state index contributed by atoms with van der Waals surface area (Å²) in [5.41, 5.74) is 5.04. The van der Waals surface area contributed by atoms with E-state index < -0.39 is 30.4 Å². The van der Waals surface area contributed by atoms with Crippen LogP contribution in [0.1, 0.15) is 18.1 Å². The summed E-state index contributed by atoms with van der Waals surface area (Å²) in [6, 6.07) is 2.21. The minimum absolute atomic E-state index is 0.0287. The normalized spacial score (nSPS) is 14.1. The van der Waals surface area contributed by atoms with E-state index in [-0.39, 0.29) is 16.3 Å². The van der Waals surface area contributed by atoms with Gasteiger partial charge in [-0.25, -0.2) is 4.39 Å². The summed E-state index contributed by atoms with van der Waals surface area (Å²) in [5, 5.41) is 19.4. The van der Waals surface area contributed by atoms with Crippen LogP contribution in [0.4, 0.5) is 10.1 Å². The molecule has 1 rings (SSSR count). The van der Waals surface area contributed by atoms with Crippen molar-refractivity contribution in [3.8, 4) is 0 Å². The van der Waals surface area contributed by atoms with Crippen molar-refractivity contribution in [2.24, 2.45) is 0 Å². The van der Waals surface area contributed by atoms with Crippen LogP contribution < -0.4 is 5.73 Å². The maximum atomic E-state index is 13.3. The first-order valence-electron chi connectivity index (χ1n) is 5.04. The summed E-state index contributed by atoms with van der Waals surface area (Å²) in [4.78, 5) is 11.0. The number of ether oxygens (including phenoxy) is 1. The Hall–Kier alpha value is -1.37. The highest BCUT2D eigenvalue weighted by atomic mass is 35.5. The van der Waals surface area contributed by atoms with E-state index in [0.717, 1.165) is 13.2 Å². The first kappa shape index (κ1) is 14.7. The van der Waals surface area contributed by atoms with Gasteiger partial charge in [-0.1, -0.05) is 11.6 Å². The van der Waals surface area contributed by atoms with Crippen molar-refractivity contribution in [3.63, 3.8) is 0 Å². The summed E-state index contributed by atoms with van der Waals surface area (Å²) in [7, 11) is 1.15. The van der Waals surface area contributed by atoms with E-state index in [9.17, 15) is 19.4 Å². The number of aliphatic hydroxyl groups is 2. The molecule has 0 aliphatic heterocycles. The first-order valence-corrected chi connectivity index (χ1v) is 5.42. The molecule has 2 unspecified atom stereocenters. The molecule has 100 valence electrons. The third-order valence-corrected chi connectivity index (χ3v) is 2.63. The predicted octanol–water partition coefficient (Wildman–Crippen LogP) is 1.02. The van der Waals surface area contributed by atoms with Crippen LogP contribution in [0, 0.1) is 5.82 Å². The SMILES string of the molecule is COC(=O)CC(O)C(O)c1cc(Cl)cc(F)c1N. The van der Waals surface area contributed by atoms with Gasteiger partial charge in [0.1, 0.15) is 11.9 Å². The van der Waals surface area contributed by atoms with Gasteiger partial charge in [0.2, 0.25) is 0 Å². The standard InChI is InChI=1S/C11H13ClFNO4/c1-18-9(16)4-8(15)11(17)6-2-5(12)3-7(13)10(6)14/h2-3,8,11,15,17H,4,14H2,1H3. The molecule has 0 heterocycles. The van der Waals surface area contributed by atoms with Gasteiger partial charge in [-0.05, 0) is 12.1 Å². The molecule has 4 N–H and O–H groups in total. The number of methoxy groups -OCH3 is 1. The lowest BCUT2D eigenvalue weighted by atomic mass is 10.0. The van der Waals surface area contributed by atoms with Gasteiger partial charge in [0.25, 0.3) is 0 Å². The molecule has 0 aliphatic rings. The van der Waals surface area contributed by atoms with Gasteiger partial charge in [-0.15, -0.1) is 0 Å². The van der Waals surface area contributed by atoms with E-state index in [0.29, 0.717) is 0 Å². The van der Waals surface area contributed by atoms with Crippen LogP contribution in [0.3, 0.4) is 0 Å². The smallest absolute Gasteiger partial charge is 0.308 e. The Kier molecular flexibility index (Phi) is 4.89. The largest absolute Gasteiger partial charge is 0.469 e. The number of benzene rings is 1. The number of carbonyl (C=O) groups is 1. The Morgan fingerprint density at radius 1 is 1.56 bits per heavy atom. The maximum Gasteiger partial charge on any atom is 0.308 e. The van der Waals surface area contributed by atoms with Crippen molar-refractivity contribution in [3.05, 3.63) is 28.5 Å². The molecule has 0 saturated carbocycles. The molecular formula is C11H13ClFNO4. The predicted molar refractivity (Wildman–Crippen MR) is 63.4 cm³/mol. The average molecular weight is 278 g/mol. The third kappa shape index (κ3) is 3.32. The van der Waals surface area contributed by atoms with Crippen molar-refractivity contribution >= 4 is 23.3 Å². The van der Waals surface area contributed by atoms with E-state index in [1.165, 1.54) is 6.07 Å². The molecule has 5 nitrogen and oxygen atoms in total. The number of anilines is 1. The second-order valence-electron chi connectivity index (χ2n) is 3.68. The Bertz CT molecular complexity index is 455. The highest BCUT2D eigenvalue weighted by Crippen LogP contribution is 2.29. The Labute approximate surface area is 108 Å². The molecule has 0 amide bonds. The number of rotatable bonds is 4. The zero-order valence-corrected chi connectivity index (χ0v) is 10.3. The van der Waals surface area contributed by atoms with Crippen molar-refractivity contribution in [2.75, 3.05) is 12.8 Å². The fraction of sp³-hybridized carbons (Fsp3) is 0.364. The topological polar surface area (TPSA) is 92.8 Å². The monoisotopic (exact) mass is 277 g/mol. The van der Waals surface area contributed by atoms with Gasteiger partial charge in [-0.2, -0.15) is 0 Å². The third-order valence-electron chi connectivity index (χ3n) is 2.41. The number of nitrogens with two attached hydrogens (primary N) is 1. The minimum Gasteiger partial charge on any atom is -0.469 e. The van der Waals surface area contributed by atoms with Crippen LogP contribution in [0.25, 0.3) is 0 Å². The molecule has 0 aliphatic carbocycles. The Morgan fingerprint density at radius 3 is 2.72 bits per heavy atom. The number of aliphatic hydroxyl groups excluding tert-OH is 2. The van der Waals surface area contributed by atoms with Crippen LogP contribution in [-0.4, -0.2) is 29.4 Å². The number of esters is 1. The van der Waals surface area contributed by atoms with Crippen LogP contribution in [-0.2, 0) is 9.53 Å². The molecule has 0 fully saturated rings. The van der Waals surface area contributed by atoms with Crippen LogP contribution >= 0.6 is 11.6 Å². The number of hydrogen-bond acceptors (Lipinski definition) is 5. The summed E-state index contributed by atoms with van der Waals surface area (Å²) >= 11 is 5.62. The second kappa shape index (κ2) is 5.99. The lowest BCUT2D eigenvalue weighted by Gasteiger charge is -2.19. The van der Waals surface area contributed by atoms with Gasteiger partial charge in [0.05, 0.1) is 25.3 Å². The van der Waals surface area contributed by atoms with Gasteiger partial charge >= 0.3 is 5.97 Å². The molecule has 0 spiro atoms. The molecule has 1 aromatic carbocycles. The van der Waals surface area contributed by atoms with Crippen LogP contribution in [0.2, 0.25) is 5.02 Å². The zero-order chi connectivity index (χ0) is 13.9. The van der Waals surface area contributed by atoms with E-state index in [2.05, 4.69) is 4.74 Å². The maximum absolute atomic E-state index is 13.3. The Morgan fingerprint density at radius 2 is 2.17 bits per heavy atom. The molecule has 0 radical (unpaired) electrons. The summed E-state index contributed by atoms with van der Waals surface area (Å²) in [6.07, 6.45) is -3.43. The Balaban J connectivity index is 2.96. The van der Waals surface area contributed by atoms with Crippen molar-refractivity contribution in [1.82, 2.24) is 0 Å². The van der Waals surface area contributed by atoms with Crippen LogP contribution in [0.5, 0.6) is 0 Å².